The minimum atomic E-state index is 0.0504. The molecule has 17 heavy (non-hydrogen) atoms. The van der Waals surface area contributed by atoms with E-state index in [1.807, 2.05) is 30.5 Å². The van der Waals surface area contributed by atoms with Gasteiger partial charge in [0.15, 0.2) is 0 Å². The largest absolute Gasteiger partial charge is 0.315 e. The van der Waals surface area contributed by atoms with Crippen LogP contribution in [0.2, 0.25) is 0 Å². The molecule has 1 aromatic carbocycles. The molecule has 0 aliphatic rings. The van der Waals surface area contributed by atoms with Crippen molar-refractivity contribution in [2.45, 2.75) is 12.5 Å². The Morgan fingerprint density at radius 3 is 2.41 bits per heavy atom. The highest BCUT2D eigenvalue weighted by molar-refractivity contribution is 9.09. The van der Waals surface area contributed by atoms with Crippen LogP contribution < -0.4 is 5.56 Å². The van der Waals surface area contributed by atoms with Crippen molar-refractivity contribution in [2.24, 2.45) is 0 Å². The number of nitrogens with zero attached hydrogens (tertiary/aromatic N) is 1. The third-order valence-electron chi connectivity index (χ3n) is 2.77. The molecule has 0 saturated carbocycles. The van der Waals surface area contributed by atoms with Crippen LogP contribution in [-0.2, 0) is 6.54 Å². The molecule has 0 amide bonds. The molecule has 0 fully saturated rings. The molecule has 2 aromatic rings. The van der Waals surface area contributed by atoms with E-state index in [1.165, 1.54) is 5.56 Å². The second kappa shape index (κ2) is 5.82. The van der Waals surface area contributed by atoms with Crippen molar-refractivity contribution >= 4 is 15.9 Å². The topological polar surface area (TPSA) is 22.0 Å². The SMILES string of the molecule is O=c1ccccn1CC(CBr)c1ccccc1. The zero-order chi connectivity index (χ0) is 12.1. The average molecular weight is 292 g/mol. The number of rotatable bonds is 4. The maximum Gasteiger partial charge on any atom is 0.250 e. The van der Waals surface area contributed by atoms with E-state index in [0.717, 1.165) is 5.33 Å². The number of aromatic nitrogens is 1. The van der Waals surface area contributed by atoms with Gasteiger partial charge in [-0.15, -0.1) is 0 Å². The lowest BCUT2D eigenvalue weighted by Crippen LogP contribution is -2.22. The van der Waals surface area contributed by atoms with Gasteiger partial charge in [-0.05, 0) is 11.6 Å². The first-order valence-electron chi connectivity index (χ1n) is 5.57. The molecule has 0 bridgehead atoms. The second-order valence-corrected chi connectivity index (χ2v) is 4.60. The molecule has 2 nitrogen and oxygen atoms in total. The van der Waals surface area contributed by atoms with Crippen LogP contribution in [0.3, 0.4) is 0 Å². The molecule has 1 unspecified atom stereocenters. The molecule has 1 atom stereocenters. The smallest absolute Gasteiger partial charge is 0.250 e. The molecule has 0 radical (unpaired) electrons. The third-order valence-corrected chi connectivity index (χ3v) is 3.55. The van der Waals surface area contributed by atoms with Gasteiger partial charge in [0, 0.05) is 30.1 Å². The van der Waals surface area contributed by atoms with Gasteiger partial charge >= 0.3 is 0 Å². The van der Waals surface area contributed by atoms with Crippen LogP contribution in [0.1, 0.15) is 11.5 Å². The highest BCUT2D eigenvalue weighted by Crippen LogP contribution is 2.19. The van der Waals surface area contributed by atoms with E-state index in [9.17, 15) is 4.79 Å². The number of alkyl halides is 1. The van der Waals surface area contributed by atoms with E-state index in [2.05, 4.69) is 28.1 Å². The van der Waals surface area contributed by atoms with Crippen molar-refractivity contribution < 1.29 is 0 Å². The van der Waals surface area contributed by atoms with E-state index >= 15 is 0 Å². The summed E-state index contributed by atoms with van der Waals surface area (Å²) in [6.45, 7) is 0.703. The Hall–Kier alpha value is -1.35. The Kier molecular flexibility index (Phi) is 4.15. The Bertz CT molecular complexity index is 521. The lowest BCUT2D eigenvalue weighted by Gasteiger charge is -2.15. The van der Waals surface area contributed by atoms with E-state index in [-0.39, 0.29) is 5.56 Å². The average Bonchev–Trinajstić information content (AvgIpc) is 2.39. The fraction of sp³-hybridized carbons (Fsp3) is 0.214. The second-order valence-electron chi connectivity index (χ2n) is 3.95. The Morgan fingerprint density at radius 2 is 1.76 bits per heavy atom. The molecule has 3 heteroatoms. The van der Waals surface area contributed by atoms with Gasteiger partial charge in [-0.1, -0.05) is 52.3 Å². The molecule has 0 aliphatic heterocycles. The standard InChI is InChI=1S/C14H14BrNO/c15-10-13(12-6-2-1-3-7-12)11-16-9-5-4-8-14(16)17/h1-9,13H,10-11H2. The van der Waals surface area contributed by atoms with Gasteiger partial charge in [-0.3, -0.25) is 4.79 Å². The van der Waals surface area contributed by atoms with Crippen molar-refractivity contribution in [1.82, 2.24) is 4.57 Å². The van der Waals surface area contributed by atoms with Crippen LogP contribution >= 0.6 is 15.9 Å². The van der Waals surface area contributed by atoms with E-state index in [0.29, 0.717) is 12.5 Å². The van der Waals surface area contributed by atoms with Crippen molar-refractivity contribution in [2.75, 3.05) is 5.33 Å². The summed E-state index contributed by atoms with van der Waals surface area (Å²) in [5, 5.41) is 0.846. The predicted octanol–water partition coefficient (Wildman–Crippen LogP) is 3.03. The summed E-state index contributed by atoms with van der Waals surface area (Å²) in [5.74, 6) is 0.316. The zero-order valence-electron chi connectivity index (χ0n) is 9.42. The predicted molar refractivity (Wildman–Crippen MR) is 73.7 cm³/mol. The first kappa shape index (κ1) is 12.1. The number of pyridine rings is 1. The maximum absolute atomic E-state index is 11.6. The van der Waals surface area contributed by atoms with Crippen LogP contribution in [-0.4, -0.2) is 9.90 Å². The molecule has 0 spiro atoms. The zero-order valence-corrected chi connectivity index (χ0v) is 11.0. The quantitative estimate of drug-likeness (QED) is 0.794. The van der Waals surface area contributed by atoms with E-state index < -0.39 is 0 Å². The molecule has 0 aliphatic carbocycles. The van der Waals surface area contributed by atoms with Crippen molar-refractivity contribution in [3.63, 3.8) is 0 Å². The summed E-state index contributed by atoms with van der Waals surface area (Å²) in [6.07, 6.45) is 1.83. The highest BCUT2D eigenvalue weighted by Gasteiger charge is 2.10. The van der Waals surface area contributed by atoms with Gasteiger partial charge in [0.25, 0.3) is 5.56 Å². The summed E-state index contributed by atoms with van der Waals surface area (Å²) < 4.78 is 1.75. The molecule has 0 saturated heterocycles. The third kappa shape index (κ3) is 3.07. The highest BCUT2D eigenvalue weighted by atomic mass is 79.9. The Morgan fingerprint density at radius 1 is 1.06 bits per heavy atom. The lowest BCUT2D eigenvalue weighted by molar-refractivity contribution is 0.589. The fourth-order valence-electron chi connectivity index (χ4n) is 1.82. The summed E-state index contributed by atoms with van der Waals surface area (Å²) in [5.41, 5.74) is 1.30. The van der Waals surface area contributed by atoms with Gasteiger partial charge in [0.1, 0.15) is 0 Å². The minimum absolute atomic E-state index is 0.0504. The van der Waals surface area contributed by atoms with Gasteiger partial charge in [0.2, 0.25) is 0 Å². The summed E-state index contributed by atoms with van der Waals surface area (Å²) in [4.78, 5) is 11.6. The maximum atomic E-state index is 11.6. The molecule has 2 rings (SSSR count). The monoisotopic (exact) mass is 291 g/mol. The minimum Gasteiger partial charge on any atom is -0.315 e. The Balaban J connectivity index is 2.22. The van der Waals surface area contributed by atoms with Gasteiger partial charge < -0.3 is 4.57 Å². The first-order valence-corrected chi connectivity index (χ1v) is 6.70. The van der Waals surface area contributed by atoms with E-state index in [4.69, 9.17) is 0 Å². The molecule has 88 valence electrons. The van der Waals surface area contributed by atoms with Gasteiger partial charge in [0.05, 0.1) is 0 Å². The van der Waals surface area contributed by atoms with Gasteiger partial charge in [-0.25, -0.2) is 0 Å². The van der Waals surface area contributed by atoms with Crippen molar-refractivity contribution in [3.05, 3.63) is 70.6 Å². The van der Waals surface area contributed by atoms with E-state index in [1.54, 1.807) is 16.7 Å². The number of hydrogen-bond donors (Lipinski definition) is 0. The number of hydrogen-bond acceptors (Lipinski definition) is 1. The first-order chi connectivity index (χ1) is 8.31. The molecule has 1 heterocycles. The normalized spacial score (nSPS) is 12.3. The summed E-state index contributed by atoms with van der Waals surface area (Å²) >= 11 is 3.52. The van der Waals surface area contributed by atoms with Crippen LogP contribution in [0.15, 0.2) is 59.5 Å². The molecular weight excluding hydrogens is 278 g/mol. The van der Waals surface area contributed by atoms with Crippen molar-refractivity contribution in [3.8, 4) is 0 Å². The number of benzene rings is 1. The van der Waals surface area contributed by atoms with Gasteiger partial charge in [-0.2, -0.15) is 0 Å². The summed E-state index contributed by atoms with van der Waals surface area (Å²) in [7, 11) is 0. The lowest BCUT2D eigenvalue weighted by atomic mass is 10.0. The fourth-order valence-corrected chi connectivity index (χ4v) is 2.40. The van der Waals surface area contributed by atoms with Crippen LogP contribution in [0.4, 0.5) is 0 Å². The van der Waals surface area contributed by atoms with Crippen LogP contribution in [0.5, 0.6) is 0 Å². The Labute approximate surface area is 109 Å². The molecule has 1 aromatic heterocycles. The molecular formula is C14H14BrNO. The van der Waals surface area contributed by atoms with Crippen LogP contribution in [0, 0.1) is 0 Å². The summed E-state index contributed by atoms with van der Waals surface area (Å²) in [6, 6.07) is 15.5. The van der Waals surface area contributed by atoms with Crippen molar-refractivity contribution in [1.29, 1.82) is 0 Å². The molecule has 0 N–H and O–H groups in total. The van der Waals surface area contributed by atoms with Crippen LogP contribution in [0.25, 0.3) is 0 Å². The number of halogens is 1.